The summed E-state index contributed by atoms with van der Waals surface area (Å²) in [6, 6.07) is 25.4. The first-order chi connectivity index (χ1) is 22.6. The van der Waals surface area contributed by atoms with Gasteiger partial charge in [-0.05, 0) is 52.9 Å². The molecule has 0 saturated heterocycles. The Balaban J connectivity index is 1.56. The zero-order valence-corrected chi connectivity index (χ0v) is 25.6. The summed E-state index contributed by atoms with van der Waals surface area (Å²) in [5.41, 5.74) is 8.94. The van der Waals surface area contributed by atoms with Gasteiger partial charge >= 0.3 is 5.97 Å². The summed E-state index contributed by atoms with van der Waals surface area (Å²) >= 11 is 0. The van der Waals surface area contributed by atoms with Crippen LogP contribution in [0.1, 0.15) is 22.3 Å². The van der Waals surface area contributed by atoms with Gasteiger partial charge in [0.05, 0.1) is 6.04 Å². The molecule has 3 amide bonds. The predicted molar refractivity (Wildman–Crippen MR) is 175 cm³/mol. The molecule has 4 aromatic rings. The minimum atomic E-state index is -1.28. The number of aliphatic carboxylic acids is 1. The molecule has 0 aliphatic heterocycles. The number of rotatable bonds is 15. The van der Waals surface area contributed by atoms with E-state index in [-0.39, 0.29) is 37.2 Å². The van der Waals surface area contributed by atoms with Crippen molar-refractivity contribution in [1.29, 1.82) is 0 Å². The number of phenols is 2. The third kappa shape index (κ3) is 10.7. The molecule has 4 aromatic carbocycles. The lowest BCUT2D eigenvalue weighted by molar-refractivity contribution is -0.142. The second-order valence-corrected chi connectivity index (χ2v) is 11.2. The van der Waals surface area contributed by atoms with Crippen molar-refractivity contribution in [1.82, 2.24) is 16.0 Å². The Morgan fingerprint density at radius 2 is 0.830 bits per heavy atom. The maximum atomic E-state index is 13.8. The van der Waals surface area contributed by atoms with Gasteiger partial charge in [0.25, 0.3) is 0 Å². The van der Waals surface area contributed by atoms with Crippen molar-refractivity contribution in [3.63, 3.8) is 0 Å². The van der Waals surface area contributed by atoms with E-state index in [2.05, 4.69) is 16.0 Å². The number of carboxylic acid groups (broad SMARTS) is 1. The first kappa shape index (κ1) is 34.2. The fourth-order valence-electron chi connectivity index (χ4n) is 4.99. The molecular formula is C36H38N4O7. The Kier molecular flexibility index (Phi) is 12.1. The number of hydrogen-bond acceptors (Lipinski definition) is 7. The number of carboxylic acids is 1. The van der Waals surface area contributed by atoms with Gasteiger partial charge in [0.2, 0.25) is 17.7 Å². The van der Waals surface area contributed by atoms with Crippen LogP contribution in [0.2, 0.25) is 0 Å². The fraction of sp³-hybridized carbons (Fsp3) is 0.222. The standard InChI is InChI=1S/C36H38N4O7/c37-29(19-23-7-3-1-4-8-23)33(43)38-30(20-25-11-15-27(41)16-12-25)34(44)39-31(21-26-13-17-28(42)18-14-26)35(45)40-32(36(46)47)22-24-9-5-2-6-10-24/h1-18,29-32,41-42H,19-22,37H2,(H,38,43)(H,39,44)(H,40,45)(H,46,47). The average Bonchev–Trinajstić information content (AvgIpc) is 3.06. The molecule has 4 atom stereocenters. The van der Waals surface area contributed by atoms with Crippen molar-refractivity contribution in [3.05, 3.63) is 131 Å². The molecule has 0 heterocycles. The van der Waals surface area contributed by atoms with Crippen LogP contribution in [0, 0.1) is 0 Å². The molecule has 4 rings (SSSR count). The summed E-state index contributed by atoms with van der Waals surface area (Å²) in [6.07, 6.45) is 0.211. The highest BCUT2D eigenvalue weighted by atomic mass is 16.4. The minimum Gasteiger partial charge on any atom is -0.508 e. The lowest BCUT2D eigenvalue weighted by Crippen LogP contribution is -2.58. The Labute approximate surface area is 272 Å². The van der Waals surface area contributed by atoms with Crippen molar-refractivity contribution in [2.75, 3.05) is 0 Å². The van der Waals surface area contributed by atoms with Crippen LogP contribution in [0.25, 0.3) is 0 Å². The molecule has 0 spiro atoms. The largest absolute Gasteiger partial charge is 0.508 e. The first-order valence-electron chi connectivity index (χ1n) is 15.1. The summed E-state index contributed by atoms with van der Waals surface area (Å²) in [7, 11) is 0. The topological polar surface area (TPSA) is 191 Å². The van der Waals surface area contributed by atoms with Gasteiger partial charge < -0.3 is 37.0 Å². The van der Waals surface area contributed by atoms with Gasteiger partial charge in [-0.25, -0.2) is 4.79 Å². The SMILES string of the molecule is NC(Cc1ccccc1)C(=O)NC(Cc1ccc(O)cc1)C(=O)NC(Cc1ccc(O)cc1)C(=O)NC(Cc1ccccc1)C(=O)O. The monoisotopic (exact) mass is 638 g/mol. The molecule has 0 bridgehead atoms. The Morgan fingerprint density at radius 3 is 1.26 bits per heavy atom. The van der Waals surface area contributed by atoms with Crippen LogP contribution in [-0.4, -0.2) is 63.2 Å². The van der Waals surface area contributed by atoms with Crippen LogP contribution in [0.3, 0.4) is 0 Å². The molecule has 0 aromatic heterocycles. The van der Waals surface area contributed by atoms with Gasteiger partial charge in [0.1, 0.15) is 29.6 Å². The molecule has 47 heavy (non-hydrogen) atoms. The van der Waals surface area contributed by atoms with Gasteiger partial charge in [-0.3, -0.25) is 14.4 Å². The van der Waals surface area contributed by atoms with Crippen LogP contribution in [-0.2, 0) is 44.9 Å². The van der Waals surface area contributed by atoms with Gasteiger partial charge in [0, 0.05) is 19.3 Å². The summed E-state index contributed by atoms with van der Waals surface area (Å²) in [5.74, 6) is -3.24. The van der Waals surface area contributed by atoms with Crippen LogP contribution >= 0.6 is 0 Å². The number of amides is 3. The number of carbonyl (C=O) groups excluding carboxylic acids is 3. The van der Waals surface area contributed by atoms with E-state index in [0.29, 0.717) is 16.7 Å². The number of nitrogens with one attached hydrogen (secondary N) is 3. The van der Waals surface area contributed by atoms with E-state index in [0.717, 1.165) is 5.56 Å². The molecule has 0 saturated carbocycles. The van der Waals surface area contributed by atoms with Gasteiger partial charge in [-0.2, -0.15) is 0 Å². The summed E-state index contributed by atoms with van der Waals surface area (Å²) < 4.78 is 0. The highest BCUT2D eigenvalue weighted by Gasteiger charge is 2.31. The molecule has 11 nitrogen and oxygen atoms in total. The van der Waals surface area contributed by atoms with Crippen molar-refractivity contribution in [2.45, 2.75) is 49.9 Å². The molecule has 4 unspecified atom stereocenters. The summed E-state index contributed by atoms with van der Waals surface area (Å²) in [4.78, 5) is 52.8. The lowest BCUT2D eigenvalue weighted by Gasteiger charge is -2.25. The molecule has 0 aliphatic carbocycles. The summed E-state index contributed by atoms with van der Waals surface area (Å²) in [6.45, 7) is 0. The lowest BCUT2D eigenvalue weighted by atomic mass is 10.0. The second kappa shape index (κ2) is 16.6. The summed E-state index contributed by atoms with van der Waals surface area (Å²) in [5, 5.41) is 37.3. The number of hydrogen-bond donors (Lipinski definition) is 7. The maximum absolute atomic E-state index is 13.8. The third-order valence-corrected chi connectivity index (χ3v) is 7.55. The molecular weight excluding hydrogens is 600 g/mol. The number of carbonyl (C=O) groups is 4. The molecule has 244 valence electrons. The van der Waals surface area contributed by atoms with E-state index in [9.17, 15) is 34.5 Å². The van der Waals surface area contributed by atoms with Crippen LogP contribution < -0.4 is 21.7 Å². The van der Waals surface area contributed by atoms with Gasteiger partial charge in [0.15, 0.2) is 0 Å². The van der Waals surface area contributed by atoms with Crippen molar-refractivity contribution in [3.8, 4) is 11.5 Å². The molecule has 8 N–H and O–H groups in total. The van der Waals surface area contributed by atoms with E-state index in [1.807, 2.05) is 30.3 Å². The minimum absolute atomic E-state index is 0.00914. The predicted octanol–water partition coefficient (Wildman–Crippen LogP) is 2.23. The third-order valence-electron chi connectivity index (χ3n) is 7.55. The first-order valence-corrected chi connectivity index (χ1v) is 15.1. The van der Waals surface area contributed by atoms with E-state index in [4.69, 9.17) is 5.73 Å². The number of aromatic hydroxyl groups is 2. The highest BCUT2D eigenvalue weighted by molar-refractivity contribution is 5.94. The Morgan fingerprint density at radius 1 is 0.489 bits per heavy atom. The number of nitrogens with two attached hydrogens (primary N) is 1. The Bertz CT molecular complexity index is 1630. The van der Waals surface area contributed by atoms with E-state index < -0.39 is 47.9 Å². The molecule has 0 radical (unpaired) electrons. The van der Waals surface area contributed by atoms with Gasteiger partial charge in [-0.1, -0.05) is 84.9 Å². The second-order valence-electron chi connectivity index (χ2n) is 11.2. The number of benzene rings is 4. The Hall–Kier alpha value is -5.68. The molecule has 0 aliphatic rings. The molecule has 11 heteroatoms. The molecule has 0 fully saturated rings. The zero-order chi connectivity index (χ0) is 33.8. The van der Waals surface area contributed by atoms with Crippen molar-refractivity contribution < 1.29 is 34.5 Å². The average molecular weight is 639 g/mol. The number of phenolic OH excluding ortho intramolecular Hbond substituents is 2. The van der Waals surface area contributed by atoms with Gasteiger partial charge in [-0.15, -0.1) is 0 Å². The normalized spacial score (nSPS) is 13.4. The quantitative estimate of drug-likeness (QED) is 0.103. The van der Waals surface area contributed by atoms with E-state index >= 15 is 0 Å². The smallest absolute Gasteiger partial charge is 0.326 e. The maximum Gasteiger partial charge on any atom is 0.326 e. The van der Waals surface area contributed by atoms with E-state index in [1.54, 1.807) is 54.6 Å². The van der Waals surface area contributed by atoms with E-state index in [1.165, 1.54) is 24.3 Å². The highest BCUT2D eigenvalue weighted by Crippen LogP contribution is 2.15. The van der Waals surface area contributed by atoms with Crippen LogP contribution in [0.4, 0.5) is 0 Å². The van der Waals surface area contributed by atoms with Crippen LogP contribution in [0.5, 0.6) is 11.5 Å². The fourth-order valence-corrected chi connectivity index (χ4v) is 4.99. The zero-order valence-electron chi connectivity index (χ0n) is 25.6. The van der Waals surface area contributed by atoms with Crippen molar-refractivity contribution >= 4 is 23.7 Å². The van der Waals surface area contributed by atoms with Crippen molar-refractivity contribution in [2.24, 2.45) is 5.73 Å². The van der Waals surface area contributed by atoms with Crippen LogP contribution in [0.15, 0.2) is 109 Å².